The van der Waals surface area contributed by atoms with Gasteiger partial charge in [-0.1, -0.05) is 48.9 Å². The fraction of sp³-hybridized carbons (Fsp3) is 0.250. The van der Waals surface area contributed by atoms with Gasteiger partial charge in [-0.25, -0.2) is 4.98 Å². The number of rotatable bonds is 7. The lowest BCUT2D eigenvalue weighted by Crippen LogP contribution is -2.45. The number of amides is 1. The Kier molecular flexibility index (Phi) is 8.00. The fourth-order valence-electron chi connectivity index (χ4n) is 5.51. The molecule has 0 aliphatic carbocycles. The summed E-state index contributed by atoms with van der Waals surface area (Å²) in [5, 5.41) is 4.91. The molecule has 6 rings (SSSR count). The van der Waals surface area contributed by atoms with E-state index in [0.717, 1.165) is 31.1 Å². The number of aromatic amines is 1. The van der Waals surface area contributed by atoms with Crippen molar-refractivity contribution in [1.29, 1.82) is 0 Å². The van der Waals surface area contributed by atoms with Crippen molar-refractivity contribution in [3.05, 3.63) is 94.8 Å². The minimum Gasteiger partial charge on any atom is -0.456 e. The third kappa shape index (κ3) is 6.17. The average Bonchev–Trinajstić information content (AvgIpc) is 3.46. The Balaban J connectivity index is 1.26. The van der Waals surface area contributed by atoms with E-state index >= 15 is 0 Å². The summed E-state index contributed by atoms with van der Waals surface area (Å²) in [6.45, 7) is 6.28. The standard InChI is InChI=1S/C32H29ClF3N5O2/c1-2-40-13-15-41(16-14-40)19-20-9-10-21(17-26(20)32(34,35)36)38-31(42)24-7-3-6-23-22(24)5-4-8-27(23)43-28-18-29(33)39-30-25(28)11-12-37-30/h3-12,17-18H,2,13-16,19H2,1H3,(H,37,39)(H,38,42). The first-order valence-corrected chi connectivity index (χ1v) is 14.4. The van der Waals surface area contributed by atoms with Gasteiger partial charge >= 0.3 is 6.18 Å². The molecule has 1 saturated heterocycles. The lowest BCUT2D eigenvalue weighted by Gasteiger charge is -2.34. The first-order valence-electron chi connectivity index (χ1n) is 14.0. The molecule has 3 heterocycles. The maximum atomic E-state index is 14.1. The van der Waals surface area contributed by atoms with Gasteiger partial charge in [0.15, 0.2) is 0 Å². The molecular weight excluding hydrogens is 579 g/mol. The van der Waals surface area contributed by atoms with Crippen LogP contribution in [-0.4, -0.2) is 58.4 Å². The molecule has 2 aromatic heterocycles. The van der Waals surface area contributed by atoms with Gasteiger partial charge in [0.05, 0.1) is 10.9 Å². The third-order valence-corrected chi connectivity index (χ3v) is 7.98. The zero-order valence-electron chi connectivity index (χ0n) is 23.3. The van der Waals surface area contributed by atoms with Gasteiger partial charge < -0.3 is 19.9 Å². The molecule has 0 bridgehead atoms. The van der Waals surface area contributed by atoms with Crippen molar-refractivity contribution >= 4 is 45.0 Å². The number of fused-ring (bicyclic) bond motifs is 2. The number of benzene rings is 3. The lowest BCUT2D eigenvalue weighted by atomic mass is 10.0. The quantitative estimate of drug-likeness (QED) is 0.187. The second-order valence-electron chi connectivity index (χ2n) is 10.5. The maximum Gasteiger partial charge on any atom is 0.416 e. The molecule has 1 amide bonds. The minimum absolute atomic E-state index is 0.0718. The maximum absolute atomic E-state index is 14.1. The Hall–Kier alpha value is -4.12. The van der Waals surface area contributed by atoms with Gasteiger partial charge in [0, 0.05) is 61.6 Å². The molecule has 3 aromatic carbocycles. The minimum atomic E-state index is -4.56. The van der Waals surface area contributed by atoms with E-state index in [0.29, 0.717) is 46.6 Å². The lowest BCUT2D eigenvalue weighted by molar-refractivity contribution is -0.138. The zero-order valence-corrected chi connectivity index (χ0v) is 24.1. The highest BCUT2D eigenvalue weighted by Gasteiger charge is 2.34. The molecule has 0 saturated carbocycles. The molecule has 1 aliphatic heterocycles. The van der Waals surface area contributed by atoms with Crippen molar-refractivity contribution in [3.63, 3.8) is 0 Å². The molecule has 11 heteroatoms. The fourth-order valence-corrected chi connectivity index (χ4v) is 5.69. The van der Waals surface area contributed by atoms with E-state index in [2.05, 4.69) is 27.1 Å². The number of carbonyl (C=O) groups is 1. The number of aromatic nitrogens is 2. The number of ether oxygens (including phenoxy) is 1. The van der Waals surface area contributed by atoms with Crippen molar-refractivity contribution in [3.8, 4) is 11.5 Å². The number of nitrogens with one attached hydrogen (secondary N) is 2. The van der Waals surface area contributed by atoms with Crippen molar-refractivity contribution in [1.82, 2.24) is 19.8 Å². The van der Waals surface area contributed by atoms with Gasteiger partial charge in [-0.3, -0.25) is 9.69 Å². The number of pyridine rings is 1. The van der Waals surface area contributed by atoms with Gasteiger partial charge in [0.1, 0.15) is 22.3 Å². The normalized spacial score (nSPS) is 14.8. The van der Waals surface area contributed by atoms with E-state index in [4.69, 9.17) is 16.3 Å². The molecule has 5 aromatic rings. The molecular formula is C32H29ClF3N5O2. The van der Waals surface area contributed by atoms with E-state index < -0.39 is 17.6 Å². The van der Waals surface area contributed by atoms with Crippen LogP contribution < -0.4 is 10.1 Å². The molecule has 2 N–H and O–H groups in total. The number of anilines is 1. The van der Waals surface area contributed by atoms with Crippen LogP contribution in [0, 0.1) is 0 Å². The molecule has 222 valence electrons. The predicted molar refractivity (Wildman–Crippen MR) is 162 cm³/mol. The third-order valence-electron chi connectivity index (χ3n) is 7.79. The van der Waals surface area contributed by atoms with Crippen LogP contribution in [0.3, 0.4) is 0 Å². The number of hydrogen-bond donors (Lipinski definition) is 2. The Morgan fingerprint density at radius 1 is 0.953 bits per heavy atom. The molecule has 7 nitrogen and oxygen atoms in total. The number of carbonyl (C=O) groups excluding carboxylic acids is 1. The van der Waals surface area contributed by atoms with Crippen LogP contribution in [0.4, 0.5) is 18.9 Å². The van der Waals surface area contributed by atoms with Gasteiger partial charge in [-0.2, -0.15) is 13.2 Å². The van der Waals surface area contributed by atoms with Gasteiger partial charge in [0.25, 0.3) is 5.91 Å². The second kappa shape index (κ2) is 11.9. The van der Waals surface area contributed by atoms with E-state index in [1.165, 1.54) is 12.1 Å². The number of nitrogens with zero attached hydrogens (tertiary/aromatic N) is 3. The highest BCUT2D eigenvalue weighted by Crippen LogP contribution is 2.37. The SMILES string of the molecule is CCN1CCN(Cc2ccc(NC(=O)c3cccc4c(Oc5cc(Cl)nc6[nH]ccc56)cccc34)cc2C(F)(F)F)CC1. The summed E-state index contributed by atoms with van der Waals surface area (Å²) >= 11 is 6.18. The summed E-state index contributed by atoms with van der Waals surface area (Å²) in [6, 6.07) is 17.9. The summed E-state index contributed by atoms with van der Waals surface area (Å²) in [4.78, 5) is 25.0. The summed E-state index contributed by atoms with van der Waals surface area (Å²) in [5.74, 6) is 0.449. The second-order valence-corrected chi connectivity index (χ2v) is 10.9. The molecule has 0 atom stereocenters. The van der Waals surface area contributed by atoms with Gasteiger partial charge in [-0.15, -0.1) is 0 Å². The summed E-state index contributed by atoms with van der Waals surface area (Å²) in [6.07, 6.45) is -2.83. The average molecular weight is 608 g/mol. The van der Waals surface area contributed by atoms with Crippen molar-refractivity contribution in [2.75, 3.05) is 38.0 Å². The van der Waals surface area contributed by atoms with Crippen LogP contribution >= 0.6 is 11.6 Å². The molecule has 1 aliphatic rings. The molecule has 0 radical (unpaired) electrons. The van der Waals surface area contributed by atoms with Crippen LogP contribution in [0.1, 0.15) is 28.4 Å². The highest BCUT2D eigenvalue weighted by atomic mass is 35.5. The van der Waals surface area contributed by atoms with Crippen LogP contribution in [0.15, 0.2) is 72.9 Å². The Morgan fingerprint density at radius 2 is 1.70 bits per heavy atom. The van der Waals surface area contributed by atoms with Crippen molar-refractivity contribution in [2.24, 2.45) is 0 Å². The number of halogens is 4. The largest absolute Gasteiger partial charge is 0.456 e. The molecule has 0 unspecified atom stereocenters. The van der Waals surface area contributed by atoms with Crippen LogP contribution in [0.2, 0.25) is 5.15 Å². The van der Waals surface area contributed by atoms with E-state index in [1.54, 1.807) is 42.6 Å². The Morgan fingerprint density at radius 3 is 2.47 bits per heavy atom. The van der Waals surface area contributed by atoms with Gasteiger partial charge in [0.2, 0.25) is 0 Å². The van der Waals surface area contributed by atoms with Crippen molar-refractivity contribution in [2.45, 2.75) is 19.6 Å². The first-order chi connectivity index (χ1) is 20.7. The number of likely N-dealkylation sites (N-methyl/N-ethyl adjacent to an activating group) is 1. The van der Waals surface area contributed by atoms with Gasteiger partial charge in [-0.05, 0) is 47.8 Å². The monoisotopic (exact) mass is 607 g/mol. The first kappa shape index (κ1) is 29.0. The van der Waals surface area contributed by atoms with Crippen LogP contribution in [0.5, 0.6) is 11.5 Å². The van der Waals surface area contributed by atoms with E-state index in [-0.39, 0.29) is 22.9 Å². The number of hydrogen-bond acceptors (Lipinski definition) is 5. The molecule has 0 spiro atoms. The highest BCUT2D eigenvalue weighted by molar-refractivity contribution is 6.30. The summed E-state index contributed by atoms with van der Waals surface area (Å²) < 4.78 is 48.6. The van der Waals surface area contributed by atoms with Crippen LogP contribution in [-0.2, 0) is 12.7 Å². The predicted octanol–water partition coefficient (Wildman–Crippen LogP) is 7.57. The Labute approximate surface area is 251 Å². The van der Waals surface area contributed by atoms with E-state index in [9.17, 15) is 18.0 Å². The smallest absolute Gasteiger partial charge is 0.416 e. The Bertz CT molecular complexity index is 1800. The topological polar surface area (TPSA) is 73.5 Å². The number of alkyl halides is 3. The molecule has 43 heavy (non-hydrogen) atoms. The zero-order chi connectivity index (χ0) is 30.1. The van der Waals surface area contributed by atoms with E-state index in [1.807, 2.05) is 17.0 Å². The number of H-pyrrole nitrogens is 1. The molecule has 1 fully saturated rings. The van der Waals surface area contributed by atoms with Crippen molar-refractivity contribution < 1.29 is 22.7 Å². The summed E-state index contributed by atoms with van der Waals surface area (Å²) in [7, 11) is 0. The number of piperazine rings is 1. The van der Waals surface area contributed by atoms with Crippen LogP contribution in [0.25, 0.3) is 21.8 Å². The summed E-state index contributed by atoms with van der Waals surface area (Å²) in [5.41, 5.74) is 0.390.